The van der Waals surface area contributed by atoms with Crippen LogP contribution in [0, 0.1) is 0 Å². The summed E-state index contributed by atoms with van der Waals surface area (Å²) < 4.78 is 6.40. The van der Waals surface area contributed by atoms with Crippen molar-refractivity contribution in [3.05, 3.63) is 24.3 Å². The van der Waals surface area contributed by atoms with Crippen LogP contribution in [0.15, 0.2) is 24.3 Å². The fourth-order valence-corrected chi connectivity index (χ4v) is 3.12. The van der Waals surface area contributed by atoms with Gasteiger partial charge in [0.15, 0.2) is 8.32 Å². The van der Waals surface area contributed by atoms with E-state index in [9.17, 15) is 0 Å². The molecule has 0 fully saturated rings. The lowest BCUT2D eigenvalue weighted by Crippen LogP contribution is -2.44. The molecule has 0 aliphatic heterocycles. The van der Waals surface area contributed by atoms with Gasteiger partial charge in [-0.2, -0.15) is 0 Å². The highest BCUT2D eigenvalue weighted by Gasteiger charge is 2.39. The summed E-state index contributed by atoms with van der Waals surface area (Å²) in [5.41, 5.74) is 1.38. The molecule has 0 aromatic rings. The third kappa shape index (κ3) is 3.32. The molecule has 0 bridgehead atoms. The minimum absolute atomic E-state index is 0.315. The largest absolute Gasteiger partial charge is 0.414 e. The van der Waals surface area contributed by atoms with E-state index in [4.69, 9.17) is 4.43 Å². The van der Waals surface area contributed by atoms with Gasteiger partial charge in [-0.05, 0) is 37.4 Å². The Kier molecular flexibility index (Phi) is 4.19. The van der Waals surface area contributed by atoms with Crippen LogP contribution in [-0.4, -0.2) is 14.4 Å². The van der Waals surface area contributed by atoms with Crippen LogP contribution in [0.5, 0.6) is 0 Å². The lowest BCUT2D eigenvalue weighted by atomic mass is 9.97. The van der Waals surface area contributed by atoms with Crippen LogP contribution in [0.25, 0.3) is 0 Å². The van der Waals surface area contributed by atoms with Gasteiger partial charge in [0.25, 0.3) is 0 Å². The molecule has 2 heteroatoms. The van der Waals surface area contributed by atoms with E-state index in [1.807, 2.05) is 6.08 Å². The van der Waals surface area contributed by atoms with Crippen LogP contribution >= 0.6 is 0 Å². The molecule has 0 radical (unpaired) electrons. The second kappa shape index (κ2) is 4.88. The average molecular weight is 238 g/mol. The van der Waals surface area contributed by atoms with E-state index in [1.165, 1.54) is 5.57 Å². The lowest BCUT2D eigenvalue weighted by molar-refractivity contribution is 0.169. The van der Waals surface area contributed by atoms with E-state index in [2.05, 4.69) is 46.5 Å². The predicted molar refractivity (Wildman–Crippen MR) is 74.2 cm³/mol. The quantitative estimate of drug-likeness (QED) is 0.649. The van der Waals surface area contributed by atoms with Gasteiger partial charge in [-0.25, -0.2) is 0 Å². The number of allylic oxidation sites excluding steroid dienone is 2. The zero-order valence-electron chi connectivity index (χ0n) is 11.5. The van der Waals surface area contributed by atoms with Crippen molar-refractivity contribution in [3.63, 3.8) is 0 Å². The molecule has 1 aliphatic rings. The molecule has 1 rings (SSSR count). The molecule has 0 saturated heterocycles. The van der Waals surface area contributed by atoms with E-state index in [1.54, 1.807) is 0 Å². The van der Waals surface area contributed by atoms with E-state index in [0.717, 1.165) is 19.3 Å². The van der Waals surface area contributed by atoms with Gasteiger partial charge in [0.1, 0.15) is 0 Å². The molecule has 0 N–H and O–H groups in total. The highest BCUT2D eigenvalue weighted by molar-refractivity contribution is 6.74. The molecule has 92 valence electrons. The first kappa shape index (κ1) is 13.7. The zero-order chi connectivity index (χ0) is 12.4. The van der Waals surface area contributed by atoms with E-state index in [-0.39, 0.29) is 0 Å². The summed E-state index contributed by atoms with van der Waals surface area (Å²) in [4.78, 5) is 0. The maximum atomic E-state index is 6.40. The standard InChI is InChI=1S/C14H26OSi/c1-7-12-8-10-13(11-9-12)15-16(5,6)14(2,3)4/h7-8,13H,1,9-11H2,2-6H3/t13-/m1/s1. The number of hydrogen-bond acceptors (Lipinski definition) is 1. The molecular weight excluding hydrogens is 212 g/mol. The third-order valence-corrected chi connectivity index (χ3v) is 8.46. The SMILES string of the molecule is C=CC1=CC[C@@H](O[Si](C)(C)C(C)(C)C)CC1. The molecule has 0 aromatic heterocycles. The van der Waals surface area contributed by atoms with Crippen LogP contribution in [-0.2, 0) is 4.43 Å². The summed E-state index contributed by atoms with van der Waals surface area (Å²) in [6.07, 6.45) is 8.04. The minimum atomic E-state index is -1.58. The summed E-state index contributed by atoms with van der Waals surface area (Å²) in [7, 11) is -1.58. The van der Waals surface area contributed by atoms with Gasteiger partial charge in [-0.15, -0.1) is 0 Å². The molecule has 16 heavy (non-hydrogen) atoms. The van der Waals surface area contributed by atoms with Crippen molar-refractivity contribution < 1.29 is 4.43 Å². The maximum absolute atomic E-state index is 6.40. The predicted octanol–water partition coefficient (Wildman–Crippen LogP) is 4.67. The van der Waals surface area contributed by atoms with E-state index >= 15 is 0 Å². The van der Waals surface area contributed by atoms with Gasteiger partial charge in [0.05, 0.1) is 0 Å². The van der Waals surface area contributed by atoms with Crippen LogP contribution in [0.3, 0.4) is 0 Å². The molecule has 1 nitrogen and oxygen atoms in total. The Morgan fingerprint density at radius 3 is 2.44 bits per heavy atom. The van der Waals surface area contributed by atoms with Crippen molar-refractivity contribution in [1.82, 2.24) is 0 Å². The fourth-order valence-electron chi connectivity index (χ4n) is 1.72. The Morgan fingerprint density at radius 1 is 1.44 bits per heavy atom. The highest BCUT2D eigenvalue weighted by Crippen LogP contribution is 2.38. The first-order chi connectivity index (χ1) is 7.26. The molecule has 0 aromatic carbocycles. The first-order valence-corrected chi connectivity index (χ1v) is 9.16. The summed E-state index contributed by atoms with van der Waals surface area (Å²) >= 11 is 0. The van der Waals surface area contributed by atoms with Gasteiger partial charge in [-0.3, -0.25) is 0 Å². The van der Waals surface area contributed by atoms with Crippen LogP contribution in [0.4, 0.5) is 0 Å². The third-order valence-electron chi connectivity index (χ3n) is 3.93. The van der Waals surface area contributed by atoms with E-state index in [0.29, 0.717) is 11.1 Å². The minimum Gasteiger partial charge on any atom is -0.414 e. The van der Waals surface area contributed by atoms with Crippen LogP contribution in [0.1, 0.15) is 40.0 Å². The monoisotopic (exact) mass is 238 g/mol. The Labute approximate surface area is 102 Å². The van der Waals surface area contributed by atoms with Crippen molar-refractivity contribution in [1.29, 1.82) is 0 Å². The van der Waals surface area contributed by atoms with Gasteiger partial charge >= 0.3 is 0 Å². The van der Waals surface area contributed by atoms with Crippen LogP contribution in [0.2, 0.25) is 18.1 Å². The van der Waals surface area contributed by atoms with Crippen molar-refractivity contribution in [2.24, 2.45) is 0 Å². The first-order valence-electron chi connectivity index (χ1n) is 6.25. The van der Waals surface area contributed by atoms with Gasteiger partial charge in [-0.1, -0.05) is 45.1 Å². The summed E-state index contributed by atoms with van der Waals surface area (Å²) in [6, 6.07) is 0. The smallest absolute Gasteiger partial charge is 0.192 e. The zero-order valence-corrected chi connectivity index (χ0v) is 12.5. The Morgan fingerprint density at radius 2 is 2.06 bits per heavy atom. The van der Waals surface area contributed by atoms with E-state index < -0.39 is 8.32 Å². The second-order valence-corrected chi connectivity index (χ2v) is 11.0. The maximum Gasteiger partial charge on any atom is 0.192 e. The van der Waals surface area contributed by atoms with Crippen molar-refractivity contribution in [2.75, 3.05) is 0 Å². The van der Waals surface area contributed by atoms with Gasteiger partial charge in [0, 0.05) is 6.10 Å². The van der Waals surface area contributed by atoms with Crippen molar-refractivity contribution in [2.45, 2.75) is 64.3 Å². The summed E-state index contributed by atoms with van der Waals surface area (Å²) in [6.45, 7) is 15.4. The number of rotatable bonds is 3. The summed E-state index contributed by atoms with van der Waals surface area (Å²) in [5.74, 6) is 0. The Bertz CT molecular complexity index is 284. The van der Waals surface area contributed by atoms with Crippen molar-refractivity contribution >= 4 is 8.32 Å². The molecule has 0 unspecified atom stereocenters. The topological polar surface area (TPSA) is 9.23 Å². The van der Waals surface area contributed by atoms with Crippen molar-refractivity contribution in [3.8, 4) is 0 Å². The summed E-state index contributed by atoms with van der Waals surface area (Å²) in [5, 5.41) is 0.315. The molecule has 1 atom stereocenters. The Hall–Kier alpha value is -0.343. The molecule has 1 aliphatic carbocycles. The fraction of sp³-hybridized carbons (Fsp3) is 0.714. The molecule has 0 amide bonds. The van der Waals surface area contributed by atoms with Gasteiger partial charge in [0.2, 0.25) is 0 Å². The molecule has 0 saturated carbocycles. The number of hydrogen-bond donors (Lipinski definition) is 0. The highest BCUT2D eigenvalue weighted by atomic mass is 28.4. The average Bonchev–Trinajstić information content (AvgIpc) is 2.16. The molecule has 0 spiro atoms. The Balaban J connectivity index is 2.58. The normalized spacial score (nSPS) is 22.8. The van der Waals surface area contributed by atoms with Crippen LogP contribution < -0.4 is 0 Å². The molecule has 0 heterocycles. The second-order valence-electron chi connectivity index (χ2n) is 6.26. The lowest BCUT2D eigenvalue weighted by Gasteiger charge is -2.40. The van der Waals surface area contributed by atoms with Gasteiger partial charge < -0.3 is 4.43 Å². The molecular formula is C14H26OSi.